The number of ether oxygens (including phenoxy) is 1. The van der Waals surface area contributed by atoms with Gasteiger partial charge in [0.15, 0.2) is 0 Å². The molecule has 0 unspecified atom stereocenters. The molecule has 2 N–H and O–H groups in total. The highest BCUT2D eigenvalue weighted by molar-refractivity contribution is 5.88. The summed E-state index contributed by atoms with van der Waals surface area (Å²) in [6.07, 6.45) is 3.87. The SMILES string of the molecule is CCC1CCC(NC(=O)Cc2c(C)cc(C)cc2OC)(C(=O)O)CC1. The van der Waals surface area contributed by atoms with Gasteiger partial charge in [-0.25, -0.2) is 4.79 Å². The molecule has 2 rings (SSSR count). The number of aliphatic carboxylic acids is 1. The number of aryl methyl sites for hydroxylation is 2. The van der Waals surface area contributed by atoms with Gasteiger partial charge < -0.3 is 15.2 Å². The quantitative estimate of drug-likeness (QED) is 0.827. The number of carbonyl (C=O) groups excluding carboxylic acids is 1. The fourth-order valence-corrected chi connectivity index (χ4v) is 3.81. The van der Waals surface area contributed by atoms with Crippen LogP contribution in [0, 0.1) is 19.8 Å². The highest BCUT2D eigenvalue weighted by atomic mass is 16.5. The van der Waals surface area contributed by atoms with Crippen LogP contribution in [-0.4, -0.2) is 29.6 Å². The molecule has 0 radical (unpaired) electrons. The van der Waals surface area contributed by atoms with Crippen molar-refractivity contribution in [2.75, 3.05) is 7.11 Å². The lowest BCUT2D eigenvalue weighted by Crippen LogP contribution is -2.56. The number of rotatable bonds is 6. The van der Waals surface area contributed by atoms with Crippen molar-refractivity contribution >= 4 is 11.9 Å². The molecule has 0 bridgehead atoms. The molecule has 0 spiro atoms. The van der Waals surface area contributed by atoms with E-state index in [1.54, 1.807) is 7.11 Å². The Kier molecular flexibility index (Phi) is 6.09. The monoisotopic (exact) mass is 347 g/mol. The molecule has 0 atom stereocenters. The summed E-state index contributed by atoms with van der Waals surface area (Å²) in [5.41, 5.74) is 1.73. The molecule has 5 nitrogen and oxygen atoms in total. The second-order valence-electron chi connectivity index (χ2n) is 7.23. The molecule has 1 aromatic carbocycles. The van der Waals surface area contributed by atoms with Crippen LogP contribution in [0.3, 0.4) is 0 Å². The smallest absolute Gasteiger partial charge is 0.329 e. The fourth-order valence-electron chi connectivity index (χ4n) is 3.81. The van der Waals surface area contributed by atoms with Crippen LogP contribution < -0.4 is 10.1 Å². The lowest BCUT2D eigenvalue weighted by molar-refractivity contribution is -0.149. The van der Waals surface area contributed by atoms with Crippen LogP contribution in [0.25, 0.3) is 0 Å². The van der Waals surface area contributed by atoms with E-state index in [1.165, 1.54) is 0 Å². The minimum Gasteiger partial charge on any atom is -0.496 e. The number of carboxylic acid groups (broad SMARTS) is 1. The topological polar surface area (TPSA) is 75.6 Å². The van der Waals surface area contributed by atoms with Crippen molar-refractivity contribution in [2.24, 2.45) is 5.92 Å². The van der Waals surface area contributed by atoms with E-state index in [0.29, 0.717) is 24.5 Å². The van der Waals surface area contributed by atoms with E-state index in [1.807, 2.05) is 26.0 Å². The summed E-state index contributed by atoms with van der Waals surface area (Å²) >= 11 is 0. The van der Waals surface area contributed by atoms with E-state index in [-0.39, 0.29) is 12.3 Å². The predicted molar refractivity (Wildman–Crippen MR) is 96.9 cm³/mol. The van der Waals surface area contributed by atoms with Crippen LogP contribution in [0.2, 0.25) is 0 Å². The molecule has 138 valence electrons. The summed E-state index contributed by atoms with van der Waals surface area (Å²) in [7, 11) is 1.58. The van der Waals surface area contributed by atoms with E-state index in [2.05, 4.69) is 12.2 Å². The van der Waals surface area contributed by atoms with Crippen molar-refractivity contribution in [1.82, 2.24) is 5.32 Å². The summed E-state index contributed by atoms with van der Waals surface area (Å²) in [5, 5.41) is 12.5. The fraction of sp³-hybridized carbons (Fsp3) is 0.600. The first-order valence-corrected chi connectivity index (χ1v) is 8.99. The molecule has 5 heteroatoms. The summed E-state index contributed by atoms with van der Waals surface area (Å²) in [6.45, 7) is 6.05. The molecule has 1 saturated carbocycles. The third kappa shape index (κ3) is 4.33. The maximum absolute atomic E-state index is 12.6. The Morgan fingerprint density at radius 2 is 1.92 bits per heavy atom. The summed E-state index contributed by atoms with van der Waals surface area (Å²) in [5.74, 6) is 0.0427. The molecule has 1 amide bonds. The predicted octanol–water partition coefficient (Wildman–Crippen LogP) is 3.39. The molecule has 25 heavy (non-hydrogen) atoms. The van der Waals surface area contributed by atoms with Gasteiger partial charge in [0.25, 0.3) is 0 Å². The van der Waals surface area contributed by atoms with Crippen molar-refractivity contribution in [1.29, 1.82) is 0 Å². The van der Waals surface area contributed by atoms with E-state index < -0.39 is 11.5 Å². The summed E-state index contributed by atoms with van der Waals surface area (Å²) in [4.78, 5) is 24.5. The number of amides is 1. The minimum atomic E-state index is -1.13. The molecular formula is C20H29NO4. The molecule has 1 fully saturated rings. The Labute approximate surface area is 149 Å². The van der Waals surface area contributed by atoms with Gasteiger partial charge in [-0.1, -0.05) is 19.4 Å². The Hall–Kier alpha value is -2.04. The van der Waals surface area contributed by atoms with Crippen LogP contribution in [0.1, 0.15) is 55.7 Å². The van der Waals surface area contributed by atoms with Crippen molar-refractivity contribution in [3.05, 3.63) is 28.8 Å². The van der Waals surface area contributed by atoms with Gasteiger partial charge in [-0.05, 0) is 62.6 Å². The van der Waals surface area contributed by atoms with Crippen molar-refractivity contribution in [3.63, 3.8) is 0 Å². The Balaban J connectivity index is 2.14. The van der Waals surface area contributed by atoms with E-state index in [4.69, 9.17) is 4.74 Å². The zero-order valence-corrected chi connectivity index (χ0v) is 15.6. The molecule has 0 aliphatic heterocycles. The van der Waals surface area contributed by atoms with Crippen molar-refractivity contribution in [2.45, 2.75) is 64.8 Å². The molecule has 0 saturated heterocycles. The van der Waals surface area contributed by atoms with Gasteiger partial charge in [-0.3, -0.25) is 4.79 Å². The molecule has 1 aliphatic rings. The minimum absolute atomic E-state index is 0.127. The average molecular weight is 347 g/mol. The number of methoxy groups -OCH3 is 1. The number of hydrogen-bond donors (Lipinski definition) is 2. The molecule has 0 aromatic heterocycles. The Morgan fingerprint density at radius 1 is 1.28 bits per heavy atom. The first-order chi connectivity index (χ1) is 11.8. The van der Waals surface area contributed by atoms with Gasteiger partial charge in [0, 0.05) is 5.56 Å². The van der Waals surface area contributed by atoms with Gasteiger partial charge in [0.05, 0.1) is 13.5 Å². The molecular weight excluding hydrogens is 318 g/mol. The zero-order valence-electron chi connectivity index (χ0n) is 15.6. The number of hydrogen-bond acceptors (Lipinski definition) is 3. The zero-order chi connectivity index (χ0) is 18.6. The summed E-state index contributed by atoms with van der Waals surface area (Å²) in [6, 6.07) is 3.90. The summed E-state index contributed by atoms with van der Waals surface area (Å²) < 4.78 is 5.40. The number of carbonyl (C=O) groups is 2. The van der Waals surface area contributed by atoms with Crippen LogP contribution in [0.5, 0.6) is 5.75 Å². The van der Waals surface area contributed by atoms with Gasteiger partial charge >= 0.3 is 5.97 Å². The van der Waals surface area contributed by atoms with Gasteiger partial charge in [-0.15, -0.1) is 0 Å². The average Bonchev–Trinajstić information content (AvgIpc) is 2.57. The third-order valence-electron chi connectivity index (χ3n) is 5.46. The van der Waals surface area contributed by atoms with E-state index >= 15 is 0 Å². The van der Waals surface area contributed by atoms with Gasteiger partial charge in [0.2, 0.25) is 5.91 Å². The first kappa shape index (κ1) is 19.3. The van der Waals surface area contributed by atoms with Crippen molar-refractivity contribution in [3.8, 4) is 5.75 Å². The second kappa shape index (κ2) is 7.89. The van der Waals surface area contributed by atoms with Crippen LogP contribution in [0.4, 0.5) is 0 Å². The highest BCUT2D eigenvalue weighted by Crippen LogP contribution is 2.34. The number of carboxylic acids is 1. The maximum atomic E-state index is 12.6. The third-order valence-corrected chi connectivity index (χ3v) is 5.46. The van der Waals surface area contributed by atoms with Crippen molar-refractivity contribution < 1.29 is 19.4 Å². The van der Waals surface area contributed by atoms with E-state index in [9.17, 15) is 14.7 Å². The standard InChI is InChI=1S/C20H29NO4/c1-5-15-6-8-20(9-7-15,19(23)24)21-18(22)12-16-14(3)10-13(2)11-17(16)25-4/h10-11,15H,5-9,12H2,1-4H3,(H,21,22)(H,23,24). The first-order valence-electron chi connectivity index (χ1n) is 8.99. The van der Waals surface area contributed by atoms with Crippen LogP contribution in [-0.2, 0) is 16.0 Å². The van der Waals surface area contributed by atoms with Gasteiger partial charge in [0.1, 0.15) is 11.3 Å². The highest BCUT2D eigenvalue weighted by Gasteiger charge is 2.42. The number of benzene rings is 1. The second-order valence-corrected chi connectivity index (χ2v) is 7.23. The maximum Gasteiger partial charge on any atom is 0.329 e. The lowest BCUT2D eigenvalue weighted by atomic mass is 9.75. The Morgan fingerprint density at radius 3 is 2.44 bits per heavy atom. The molecule has 1 aromatic rings. The largest absolute Gasteiger partial charge is 0.496 e. The lowest BCUT2D eigenvalue weighted by Gasteiger charge is -2.37. The Bertz CT molecular complexity index is 645. The number of nitrogens with one attached hydrogen (secondary N) is 1. The normalized spacial score (nSPS) is 23.1. The van der Waals surface area contributed by atoms with Crippen LogP contribution >= 0.6 is 0 Å². The molecule has 1 aliphatic carbocycles. The van der Waals surface area contributed by atoms with Gasteiger partial charge in [-0.2, -0.15) is 0 Å². The van der Waals surface area contributed by atoms with Crippen LogP contribution in [0.15, 0.2) is 12.1 Å². The molecule has 0 heterocycles. The van der Waals surface area contributed by atoms with E-state index in [0.717, 1.165) is 36.0 Å².